The number of carbonyl (C=O) groups excluding carboxylic acids is 1. The molecule has 0 aliphatic carbocycles. The highest BCUT2D eigenvalue weighted by Gasteiger charge is 2.13. The summed E-state index contributed by atoms with van der Waals surface area (Å²) in [5.41, 5.74) is 1.72. The lowest BCUT2D eigenvalue weighted by molar-refractivity contribution is 0.103. The first kappa shape index (κ1) is 21.4. The zero-order valence-corrected chi connectivity index (χ0v) is 18.3. The summed E-state index contributed by atoms with van der Waals surface area (Å²) in [7, 11) is 0. The molecule has 0 bridgehead atoms. The maximum absolute atomic E-state index is 14.0. The van der Waals surface area contributed by atoms with E-state index in [0.717, 1.165) is 5.56 Å². The second-order valence-corrected chi connectivity index (χ2v) is 8.40. The lowest BCUT2D eigenvalue weighted by atomic mass is 10.2. The van der Waals surface area contributed by atoms with Gasteiger partial charge in [0.1, 0.15) is 18.2 Å². The van der Waals surface area contributed by atoms with Crippen LogP contribution in [0, 0.1) is 5.82 Å². The van der Waals surface area contributed by atoms with Crippen molar-refractivity contribution < 1.29 is 13.9 Å². The molecule has 0 atom stereocenters. The van der Waals surface area contributed by atoms with Crippen LogP contribution in [0.15, 0.2) is 66.3 Å². The summed E-state index contributed by atoms with van der Waals surface area (Å²) in [4.78, 5) is 13.1. The van der Waals surface area contributed by atoms with Crippen molar-refractivity contribution in [2.75, 3.05) is 5.32 Å². The Kier molecular flexibility index (Phi) is 6.56. The van der Waals surface area contributed by atoms with Crippen LogP contribution in [0.3, 0.4) is 0 Å². The van der Waals surface area contributed by atoms with Gasteiger partial charge in [0.25, 0.3) is 5.91 Å². The Hall–Kier alpha value is -2.87. The van der Waals surface area contributed by atoms with Crippen molar-refractivity contribution in [3.8, 4) is 5.75 Å². The predicted octanol–water partition coefficient (Wildman–Crippen LogP) is 6.27. The van der Waals surface area contributed by atoms with E-state index in [4.69, 9.17) is 27.9 Å². The second kappa shape index (κ2) is 9.51. The number of carbonyl (C=O) groups is 1. The lowest BCUT2D eigenvalue weighted by Crippen LogP contribution is -2.09. The molecule has 0 unspecified atom stereocenters. The number of thiophene rings is 1. The Morgan fingerprint density at radius 2 is 2.03 bits per heavy atom. The Balaban J connectivity index is 1.36. The molecule has 158 valence electrons. The number of aromatic nitrogens is 2. The van der Waals surface area contributed by atoms with Crippen LogP contribution in [0.5, 0.6) is 5.75 Å². The van der Waals surface area contributed by atoms with E-state index in [0.29, 0.717) is 38.5 Å². The molecule has 0 spiro atoms. The fraction of sp³-hybridized carbons (Fsp3) is 0.0909. The van der Waals surface area contributed by atoms with Gasteiger partial charge in [-0.1, -0.05) is 35.3 Å². The first-order valence-electron chi connectivity index (χ1n) is 9.20. The molecular weight excluding hydrogens is 460 g/mol. The van der Waals surface area contributed by atoms with Gasteiger partial charge in [0.15, 0.2) is 0 Å². The van der Waals surface area contributed by atoms with Crippen LogP contribution < -0.4 is 10.1 Å². The summed E-state index contributed by atoms with van der Waals surface area (Å²) >= 11 is 13.3. The van der Waals surface area contributed by atoms with Gasteiger partial charge in [-0.3, -0.25) is 9.48 Å². The largest absolute Gasteiger partial charge is 0.489 e. The number of amides is 1. The Labute approximate surface area is 192 Å². The third-order valence-corrected chi connectivity index (χ3v) is 5.92. The minimum Gasteiger partial charge on any atom is -0.489 e. The number of ether oxygens (including phenoxy) is 1. The van der Waals surface area contributed by atoms with Crippen molar-refractivity contribution in [2.24, 2.45) is 0 Å². The fourth-order valence-corrected chi connectivity index (χ4v) is 4.04. The van der Waals surface area contributed by atoms with Gasteiger partial charge < -0.3 is 10.1 Å². The average molecular weight is 476 g/mol. The number of anilines is 1. The van der Waals surface area contributed by atoms with Crippen LogP contribution in [-0.4, -0.2) is 15.7 Å². The van der Waals surface area contributed by atoms with Gasteiger partial charge in [0, 0.05) is 27.4 Å². The minimum atomic E-state index is -0.403. The van der Waals surface area contributed by atoms with Crippen LogP contribution in [0.4, 0.5) is 10.1 Å². The summed E-state index contributed by atoms with van der Waals surface area (Å²) in [6, 6.07) is 13.4. The molecule has 2 heterocycles. The molecular formula is C22H16Cl2FN3O2S. The van der Waals surface area contributed by atoms with Crippen LogP contribution in [0.1, 0.15) is 20.8 Å². The minimum absolute atomic E-state index is 0.158. The van der Waals surface area contributed by atoms with Crippen LogP contribution >= 0.6 is 34.5 Å². The van der Waals surface area contributed by atoms with E-state index >= 15 is 0 Å². The van der Waals surface area contributed by atoms with Gasteiger partial charge in [0.05, 0.1) is 23.3 Å². The van der Waals surface area contributed by atoms with Gasteiger partial charge in [-0.25, -0.2) is 4.39 Å². The average Bonchev–Trinajstić information content (AvgIpc) is 3.39. The molecule has 31 heavy (non-hydrogen) atoms. The highest BCUT2D eigenvalue weighted by molar-refractivity contribution is 7.12. The zero-order chi connectivity index (χ0) is 21.8. The summed E-state index contributed by atoms with van der Waals surface area (Å²) in [6.45, 7) is 0.483. The van der Waals surface area contributed by atoms with E-state index in [2.05, 4.69) is 10.4 Å². The van der Waals surface area contributed by atoms with Gasteiger partial charge in [0.2, 0.25) is 0 Å². The lowest BCUT2D eigenvalue weighted by Gasteiger charge is -2.05. The van der Waals surface area contributed by atoms with Crippen LogP contribution in [0.2, 0.25) is 10.0 Å². The predicted molar refractivity (Wildman–Crippen MR) is 121 cm³/mol. The van der Waals surface area contributed by atoms with E-state index in [-0.39, 0.29) is 12.5 Å². The molecule has 4 aromatic rings. The van der Waals surface area contributed by atoms with Crippen LogP contribution in [0.25, 0.3) is 0 Å². The second-order valence-electron chi connectivity index (χ2n) is 6.65. The van der Waals surface area contributed by atoms with Gasteiger partial charge >= 0.3 is 0 Å². The molecule has 0 radical (unpaired) electrons. The smallest absolute Gasteiger partial charge is 0.265 e. The first-order valence-corrected chi connectivity index (χ1v) is 10.8. The Morgan fingerprint density at radius 1 is 1.19 bits per heavy atom. The Morgan fingerprint density at radius 3 is 2.84 bits per heavy atom. The van der Waals surface area contributed by atoms with Crippen molar-refractivity contribution in [1.82, 2.24) is 9.78 Å². The highest BCUT2D eigenvalue weighted by Crippen LogP contribution is 2.23. The topological polar surface area (TPSA) is 56.2 Å². The number of benzene rings is 2. The van der Waals surface area contributed by atoms with Gasteiger partial charge in [-0.05, 0) is 41.8 Å². The summed E-state index contributed by atoms with van der Waals surface area (Å²) in [6.07, 6.45) is 3.13. The summed E-state index contributed by atoms with van der Waals surface area (Å²) in [5.74, 6) is -0.00533. The van der Waals surface area contributed by atoms with Crippen molar-refractivity contribution >= 4 is 46.1 Å². The third-order valence-electron chi connectivity index (χ3n) is 4.35. The molecule has 0 aliphatic rings. The molecule has 0 saturated heterocycles. The fourth-order valence-electron chi connectivity index (χ4n) is 2.85. The van der Waals surface area contributed by atoms with E-state index in [1.54, 1.807) is 36.5 Å². The monoisotopic (exact) mass is 475 g/mol. The number of hydrogen-bond acceptors (Lipinski definition) is 4. The normalized spacial score (nSPS) is 10.8. The van der Waals surface area contributed by atoms with E-state index in [1.165, 1.54) is 28.3 Å². The Bertz CT molecular complexity index is 1200. The molecule has 0 saturated carbocycles. The summed E-state index contributed by atoms with van der Waals surface area (Å²) in [5, 5.41) is 9.74. The molecule has 0 fully saturated rings. The maximum Gasteiger partial charge on any atom is 0.265 e. The van der Waals surface area contributed by atoms with E-state index < -0.39 is 5.82 Å². The highest BCUT2D eigenvalue weighted by atomic mass is 35.5. The van der Waals surface area contributed by atoms with Crippen molar-refractivity contribution in [3.05, 3.63) is 98.2 Å². The number of rotatable bonds is 7. The molecule has 1 N–H and O–H groups in total. The summed E-state index contributed by atoms with van der Waals surface area (Å²) < 4.78 is 21.2. The molecule has 4 rings (SSSR count). The number of halogens is 3. The molecule has 2 aromatic carbocycles. The maximum atomic E-state index is 14.0. The standard InChI is InChI=1S/C22H16Cl2FN3O2S/c23-15-3-1-4-17(8-15)30-12-14-7-21(31-13-14)22(29)27-16-9-26-28(10-16)11-18-19(24)5-2-6-20(18)25/h1-10,13H,11-12H2,(H,27,29). The molecule has 1 amide bonds. The van der Waals surface area contributed by atoms with Crippen LogP contribution in [-0.2, 0) is 13.2 Å². The van der Waals surface area contributed by atoms with Crippen molar-refractivity contribution in [1.29, 1.82) is 0 Å². The zero-order valence-electron chi connectivity index (χ0n) is 16.0. The van der Waals surface area contributed by atoms with Crippen molar-refractivity contribution in [2.45, 2.75) is 13.2 Å². The molecule has 9 heteroatoms. The molecule has 2 aromatic heterocycles. The third kappa shape index (κ3) is 5.44. The number of hydrogen-bond donors (Lipinski definition) is 1. The quantitative estimate of drug-likeness (QED) is 0.342. The van der Waals surface area contributed by atoms with Crippen molar-refractivity contribution in [3.63, 3.8) is 0 Å². The number of nitrogens with zero attached hydrogens (tertiary/aromatic N) is 2. The van der Waals surface area contributed by atoms with Gasteiger partial charge in [-0.15, -0.1) is 11.3 Å². The number of nitrogens with one attached hydrogen (secondary N) is 1. The van der Waals surface area contributed by atoms with E-state index in [9.17, 15) is 9.18 Å². The molecule has 0 aliphatic heterocycles. The first-order chi connectivity index (χ1) is 15.0. The molecule has 5 nitrogen and oxygen atoms in total. The van der Waals surface area contributed by atoms with E-state index in [1.807, 2.05) is 17.5 Å². The van der Waals surface area contributed by atoms with Gasteiger partial charge in [-0.2, -0.15) is 5.10 Å². The SMILES string of the molecule is O=C(Nc1cnn(Cc2c(F)cccc2Cl)c1)c1cc(COc2cccc(Cl)c2)cs1.